The maximum Gasteiger partial charge on any atom is 0.123 e. The van der Waals surface area contributed by atoms with Crippen LogP contribution in [0.25, 0.3) is 0 Å². The van der Waals surface area contributed by atoms with Crippen LogP contribution in [0.1, 0.15) is 49.3 Å². The zero-order valence-electron chi connectivity index (χ0n) is 17.4. The number of halogens is 1. The molecule has 156 valence electrons. The van der Waals surface area contributed by atoms with Gasteiger partial charge in [-0.1, -0.05) is 18.2 Å². The zero-order chi connectivity index (χ0) is 20.3. The van der Waals surface area contributed by atoms with E-state index in [1.54, 1.807) is 12.1 Å². The Bertz CT molecular complexity index is 814. The summed E-state index contributed by atoms with van der Waals surface area (Å²) >= 11 is 0. The number of likely N-dealkylation sites (tertiary alicyclic amines) is 1. The summed E-state index contributed by atoms with van der Waals surface area (Å²) < 4.78 is 19.6. The van der Waals surface area contributed by atoms with Crippen LogP contribution in [-0.4, -0.2) is 36.2 Å². The number of benzene rings is 2. The van der Waals surface area contributed by atoms with E-state index in [1.165, 1.54) is 16.7 Å². The molecule has 0 spiro atoms. The molecule has 2 aliphatic rings. The van der Waals surface area contributed by atoms with Gasteiger partial charge in [-0.25, -0.2) is 4.39 Å². The number of phenols is 1. The predicted octanol–water partition coefficient (Wildman–Crippen LogP) is 5.05. The average molecular weight is 398 g/mol. The smallest absolute Gasteiger partial charge is 0.123 e. The molecule has 0 radical (unpaired) electrons. The minimum absolute atomic E-state index is 0.170. The first-order valence-electron chi connectivity index (χ1n) is 11.0. The number of hydrogen-bond acceptors (Lipinski definition) is 3. The van der Waals surface area contributed by atoms with Crippen molar-refractivity contribution in [2.45, 2.75) is 51.0 Å². The van der Waals surface area contributed by atoms with E-state index in [0.717, 1.165) is 58.2 Å². The third-order valence-corrected chi connectivity index (χ3v) is 6.82. The van der Waals surface area contributed by atoms with Gasteiger partial charge in [-0.15, -0.1) is 0 Å². The lowest BCUT2D eigenvalue weighted by Gasteiger charge is -2.47. The number of nitrogens with zero attached hydrogens (tertiary/aromatic N) is 1. The molecule has 0 amide bonds. The summed E-state index contributed by atoms with van der Waals surface area (Å²) in [6.45, 7) is 5.98. The first kappa shape index (κ1) is 20.4. The van der Waals surface area contributed by atoms with Gasteiger partial charge in [0.1, 0.15) is 11.6 Å². The van der Waals surface area contributed by atoms with E-state index >= 15 is 0 Å². The molecule has 1 atom stereocenters. The SMILES string of the molecule is CCOC1(C2CCN(CCc3ccc(F)cc3)CC2)CCCc2cc(O)ccc21. The molecule has 0 saturated carbocycles. The third-order valence-electron chi connectivity index (χ3n) is 6.82. The van der Waals surface area contributed by atoms with E-state index in [4.69, 9.17) is 4.74 Å². The number of aryl methyl sites for hydroxylation is 1. The lowest BCUT2D eigenvalue weighted by molar-refractivity contribution is -0.114. The Morgan fingerprint density at radius 1 is 1.14 bits per heavy atom. The van der Waals surface area contributed by atoms with Crippen LogP contribution in [0.3, 0.4) is 0 Å². The second-order valence-electron chi connectivity index (χ2n) is 8.51. The molecule has 0 aromatic heterocycles. The number of fused-ring (bicyclic) bond motifs is 1. The molecule has 4 heteroatoms. The molecule has 1 unspecified atom stereocenters. The molecule has 1 N–H and O–H groups in total. The fraction of sp³-hybridized carbons (Fsp3) is 0.520. The van der Waals surface area contributed by atoms with Gasteiger partial charge in [0.15, 0.2) is 0 Å². The first-order chi connectivity index (χ1) is 14.1. The van der Waals surface area contributed by atoms with Crippen molar-refractivity contribution in [3.8, 4) is 5.75 Å². The fourth-order valence-electron chi connectivity index (χ4n) is 5.39. The van der Waals surface area contributed by atoms with Crippen molar-refractivity contribution in [3.63, 3.8) is 0 Å². The van der Waals surface area contributed by atoms with Crippen LogP contribution in [0, 0.1) is 11.7 Å². The highest BCUT2D eigenvalue weighted by Crippen LogP contribution is 2.48. The van der Waals surface area contributed by atoms with Gasteiger partial charge < -0.3 is 14.7 Å². The number of hydrogen-bond donors (Lipinski definition) is 1. The Morgan fingerprint density at radius 3 is 2.62 bits per heavy atom. The molecule has 2 aromatic carbocycles. The van der Waals surface area contributed by atoms with Gasteiger partial charge in [-0.2, -0.15) is 0 Å². The molecule has 1 saturated heterocycles. The summed E-state index contributed by atoms with van der Waals surface area (Å²) in [6, 6.07) is 12.7. The number of ether oxygens (including phenoxy) is 1. The van der Waals surface area contributed by atoms with Crippen molar-refractivity contribution in [1.82, 2.24) is 4.90 Å². The maximum atomic E-state index is 13.1. The summed E-state index contributed by atoms with van der Waals surface area (Å²) in [4.78, 5) is 2.53. The van der Waals surface area contributed by atoms with Crippen LogP contribution in [0.4, 0.5) is 4.39 Å². The fourth-order valence-corrected chi connectivity index (χ4v) is 5.39. The summed E-state index contributed by atoms with van der Waals surface area (Å²) in [5.41, 5.74) is 3.54. The quantitative estimate of drug-likeness (QED) is 0.740. The van der Waals surface area contributed by atoms with Crippen LogP contribution in [-0.2, 0) is 23.2 Å². The summed E-state index contributed by atoms with van der Waals surface area (Å²) in [5.74, 6) is 0.691. The molecule has 1 aliphatic carbocycles. The van der Waals surface area contributed by atoms with E-state index in [1.807, 2.05) is 24.3 Å². The van der Waals surface area contributed by atoms with Crippen molar-refractivity contribution < 1.29 is 14.2 Å². The molecule has 3 nitrogen and oxygen atoms in total. The van der Waals surface area contributed by atoms with Gasteiger partial charge >= 0.3 is 0 Å². The van der Waals surface area contributed by atoms with Gasteiger partial charge in [0.05, 0.1) is 5.60 Å². The van der Waals surface area contributed by atoms with Crippen molar-refractivity contribution >= 4 is 0 Å². The molecule has 0 bridgehead atoms. The van der Waals surface area contributed by atoms with Crippen LogP contribution in [0.2, 0.25) is 0 Å². The molecule has 1 heterocycles. The normalized spacial score (nSPS) is 23.1. The highest BCUT2D eigenvalue weighted by atomic mass is 19.1. The first-order valence-corrected chi connectivity index (χ1v) is 11.0. The minimum Gasteiger partial charge on any atom is -0.508 e. The zero-order valence-corrected chi connectivity index (χ0v) is 17.4. The van der Waals surface area contributed by atoms with Gasteiger partial charge in [-0.3, -0.25) is 0 Å². The number of phenolic OH excluding ortho intramolecular Hbond substituents is 1. The Labute approximate surface area is 173 Å². The predicted molar refractivity (Wildman–Crippen MR) is 114 cm³/mol. The Hall–Kier alpha value is -1.91. The molecule has 29 heavy (non-hydrogen) atoms. The molecule has 1 aliphatic heterocycles. The molecular formula is C25H32FNO2. The summed E-state index contributed by atoms with van der Waals surface area (Å²) in [7, 11) is 0. The van der Waals surface area contributed by atoms with Crippen LogP contribution in [0.15, 0.2) is 42.5 Å². The largest absolute Gasteiger partial charge is 0.508 e. The lowest BCUT2D eigenvalue weighted by atomic mass is 9.68. The van der Waals surface area contributed by atoms with E-state index in [0.29, 0.717) is 18.3 Å². The third kappa shape index (κ3) is 4.34. The Balaban J connectivity index is 1.43. The second kappa shape index (κ2) is 8.85. The maximum absolute atomic E-state index is 13.1. The topological polar surface area (TPSA) is 32.7 Å². The Kier molecular flexibility index (Phi) is 6.21. The molecule has 2 aromatic rings. The standard InChI is InChI=1S/C25H32FNO2/c1-2-29-25(14-3-4-20-18-23(28)9-10-24(20)25)21-12-16-27(17-13-21)15-11-19-5-7-22(26)8-6-19/h5-10,18,21,28H,2-4,11-17H2,1H3. The van der Waals surface area contributed by atoms with Crippen molar-refractivity contribution in [2.75, 3.05) is 26.2 Å². The van der Waals surface area contributed by atoms with E-state index in [9.17, 15) is 9.50 Å². The van der Waals surface area contributed by atoms with Crippen molar-refractivity contribution in [3.05, 3.63) is 65.0 Å². The average Bonchev–Trinajstić information content (AvgIpc) is 2.74. The minimum atomic E-state index is -0.209. The van der Waals surface area contributed by atoms with Crippen LogP contribution >= 0.6 is 0 Å². The van der Waals surface area contributed by atoms with Gasteiger partial charge in [0, 0.05) is 13.2 Å². The molecule has 4 rings (SSSR count). The van der Waals surface area contributed by atoms with Crippen LogP contribution < -0.4 is 0 Å². The second-order valence-corrected chi connectivity index (χ2v) is 8.51. The highest BCUT2D eigenvalue weighted by Gasteiger charge is 2.45. The van der Waals surface area contributed by atoms with E-state index in [-0.39, 0.29) is 11.4 Å². The molecular weight excluding hydrogens is 365 g/mol. The monoisotopic (exact) mass is 397 g/mol. The summed E-state index contributed by atoms with van der Waals surface area (Å²) in [6.07, 6.45) is 6.42. The number of aromatic hydroxyl groups is 1. The van der Waals surface area contributed by atoms with E-state index in [2.05, 4.69) is 17.9 Å². The van der Waals surface area contributed by atoms with Crippen molar-refractivity contribution in [2.24, 2.45) is 5.92 Å². The van der Waals surface area contributed by atoms with E-state index < -0.39 is 0 Å². The lowest BCUT2D eigenvalue weighted by Crippen LogP contribution is -2.47. The molecule has 1 fully saturated rings. The number of piperidine rings is 1. The highest BCUT2D eigenvalue weighted by molar-refractivity contribution is 5.41. The summed E-state index contributed by atoms with van der Waals surface area (Å²) in [5, 5.41) is 9.93. The van der Waals surface area contributed by atoms with Crippen molar-refractivity contribution in [1.29, 1.82) is 0 Å². The Morgan fingerprint density at radius 2 is 1.90 bits per heavy atom. The van der Waals surface area contributed by atoms with Gasteiger partial charge in [0.2, 0.25) is 0 Å². The van der Waals surface area contributed by atoms with Gasteiger partial charge in [0.25, 0.3) is 0 Å². The van der Waals surface area contributed by atoms with Crippen LogP contribution in [0.5, 0.6) is 5.75 Å². The van der Waals surface area contributed by atoms with Gasteiger partial charge in [-0.05, 0) is 105 Å². The number of rotatable bonds is 6.